The monoisotopic (exact) mass is 388 g/mol. The number of fused-ring (bicyclic) bond motifs is 2. The Labute approximate surface area is 167 Å². The Bertz CT molecular complexity index is 1180. The molecular weight excluding hydrogens is 372 g/mol. The molecule has 0 atom stereocenters. The van der Waals surface area contributed by atoms with Crippen molar-refractivity contribution in [3.05, 3.63) is 71.5 Å². The quantitative estimate of drug-likeness (QED) is 0.491. The summed E-state index contributed by atoms with van der Waals surface area (Å²) in [5.74, 6) is 2.29. The summed E-state index contributed by atoms with van der Waals surface area (Å²) in [4.78, 5) is 16.2. The molecule has 1 aliphatic rings. The molecule has 0 bridgehead atoms. The molecule has 0 aliphatic carbocycles. The summed E-state index contributed by atoms with van der Waals surface area (Å²) in [7, 11) is 1.66. The lowest BCUT2D eigenvalue weighted by atomic mass is 10.1. The van der Waals surface area contributed by atoms with Crippen molar-refractivity contribution in [2.24, 2.45) is 0 Å². The van der Waals surface area contributed by atoms with Crippen LogP contribution in [0, 0.1) is 0 Å². The fourth-order valence-electron chi connectivity index (χ4n) is 3.64. The van der Waals surface area contributed by atoms with Crippen LogP contribution < -0.4 is 9.64 Å². The van der Waals surface area contributed by atoms with Gasteiger partial charge in [0.1, 0.15) is 11.6 Å². The summed E-state index contributed by atoms with van der Waals surface area (Å²) in [6, 6.07) is 15.8. The molecule has 138 valence electrons. The first-order valence-electron chi connectivity index (χ1n) is 9.05. The third-order valence-electron chi connectivity index (χ3n) is 5.00. The molecule has 0 radical (unpaired) electrons. The van der Waals surface area contributed by atoms with E-state index in [4.69, 9.17) is 26.3 Å². The molecule has 5 nitrogen and oxygen atoms in total. The molecule has 0 saturated carbocycles. The number of halogens is 1. The second kappa shape index (κ2) is 6.77. The van der Waals surface area contributed by atoms with Gasteiger partial charge in [-0.1, -0.05) is 11.6 Å². The minimum Gasteiger partial charge on any atom is -0.497 e. The summed E-state index contributed by atoms with van der Waals surface area (Å²) in [5, 5.41) is 1.74. The number of hydrogen-bond donors (Lipinski definition) is 0. The lowest BCUT2D eigenvalue weighted by molar-refractivity contribution is 0.415. The van der Waals surface area contributed by atoms with Gasteiger partial charge in [0.2, 0.25) is 0 Å². The molecule has 3 heterocycles. The van der Waals surface area contributed by atoms with Crippen LogP contribution in [0.3, 0.4) is 0 Å². The minimum atomic E-state index is 0.645. The summed E-state index contributed by atoms with van der Waals surface area (Å²) >= 11 is 6.19. The molecule has 0 saturated heterocycles. The fourth-order valence-corrected chi connectivity index (χ4v) is 3.83. The van der Waals surface area contributed by atoms with Crippen molar-refractivity contribution in [1.29, 1.82) is 0 Å². The molecule has 4 aromatic rings. The van der Waals surface area contributed by atoms with Crippen LogP contribution in [0.25, 0.3) is 22.3 Å². The first-order chi connectivity index (χ1) is 13.7. The van der Waals surface area contributed by atoms with Crippen molar-refractivity contribution in [1.82, 2.24) is 15.0 Å². The van der Waals surface area contributed by atoms with E-state index >= 15 is 0 Å². The van der Waals surface area contributed by atoms with Gasteiger partial charge in [0.15, 0.2) is 5.82 Å². The Hall–Kier alpha value is -3.18. The molecule has 2 aromatic carbocycles. The highest BCUT2D eigenvalue weighted by molar-refractivity contribution is 6.30. The summed E-state index contributed by atoms with van der Waals surface area (Å²) in [5.41, 5.74) is 4.09. The van der Waals surface area contributed by atoms with Gasteiger partial charge in [-0.15, -0.1) is 0 Å². The van der Waals surface area contributed by atoms with Crippen molar-refractivity contribution in [3.63, 3.8) is 0 Å². The molecule has 2 aromatic heterocycles. The van der Waals surface area contributed by atoms with E-state index in [9.17, 15) is 0 Å². The topological polar surface area (TPSA) is 51.1 Å². The SMILES string of the molecule is COc1ccc2c(N3CCc4cc(Cl)ccc43)nc(-c3cccnc3)nc2c1. The zero-order valence-corrected chi connectivity index (χ0v) is 16.0. The molecule has 6 heteroatoms. The molecular formula is C22H17ClN4O. The molecule has 0 spiro atoms. The Morgan fingerprint density at radius 2 is 2.00 bits per heavy atom. The summed E-state index contributed by atoms with van der Waals surface area (Å²) < 4.78 is 5.40. The van der Waals surface area contributed by atoms with Crippen molar-refractivity contribution < 1.29 is 4.74 Å². The van der Waals surface area contributed by atoms with Gasteiger partial charge in [-0.3, -0.25) is 4.98 Å². The molecule has 0 amide bonds. The number of benzene rings is 2. The summed E-state index contributed by atoms with van der Waals surface area (Å²) in [6.07, 6.45) is 4.46. The van der Waals surface area contributed by atoms with E-state index in [1.165, 1.54) is 5.56 Å². The van der Waals surface area contributed by atoms with Crippen LogP contribution in [-0.4, -0.2) is 28.6 Å². The van der Waals surface area contributed by atoms with Gasteiger partial charge in [-0.2, -0.15) is 0 Å². The molecule has 28 heavy (non-hydrogen) atoms. The molecule has 0 N–H and O–H groups in total. The van der Waals surface area contributed by atoms with Gasteiger partial charge in [-0.25, -0.2) is 9.97 Å². The zero-order valence-electron chi connectivity index (χ0n) is 15.3. The van der Waals surface area contributed by atoms with Crippen LogP contribution in [-0.2, 0) is 6.42 Å². The van der Waals surface area contributed by atoms with Gasteiger partial charge in [0.25, 0.3) is 0 Å². The minimum absolute atomic E-state index is 0.645. The molecule has 1 aliphatic heterocycles. The number of rotatable bonds is 3. The average Bonchev–Trinajstić information content (AvgIpc) is 3.16. The van der Waals surface area contributed by atoms with E-state index in [1.807, 2.05) is 42.5 Å². The molecule has 0 fully saturated rings. The number of methoxy groups -OCH3 is 1. The van der Waals surface area contributed by atoms with E-state index in [-0.39, 0.29) is 0 Å². The van der Waals surface area contributed by atoms with Gasteiger partial charge in [0.05, 0.1) is 12.6 Å². The van der Waals surface area contributed by atoms with Crippen molar-refractivity contribution in [2.45, 2.75) is 6.42 Å². The van der Waals surface area contributed by atoms with Crippen LogP contribution >= 0.6 is 11.6 Å². The normalized spacial score (nSPS) is 13.0. The standard InChI is InChI=1S/C22H17ClN4O/c1-28-17-5-6-18-19(12-17)25-21(15-3-2-9-24-13-15)26-22(18)27-10-8-14-11-16(23)4-7-20(14)27/h2-7,9,11-13H,8,10H2,1H3. The number of nitrogens with zero attached hydrogens (tertiary/aromatic N) is 4. The van der Waals surface area contributed by atoms with E-state index < -0.39 is 0 Å². The Morgan fingerprint density at radius 3 is 2.82 bits per heavy atom. The lowest BCUT2D eigenvalue weighted by Crippen LogP contribution is -2.16. The third-order valence-corrected chi connectivity index (χ3v) is 5.23. The van der Waals surface area contributed by atoms with Gasteiger partial charge in [-0.05, 0) is 54.4 Å². The second-order valence-electron chi connectivity index (χ2n) is 6.67. The van der Waals surface area contributed by atoms with Crippen LogP contribution in [0.5, 0.6) is 5.75 Å². The first-order valence-corrected chi connectivity index (χ1v) is 9.43. The maximum Gasteiger partial charge on any atom is 0.163 e. The van der Waals surface area contributed by atoms with Crippen LogP contribution in [0.2, 0.25) is 5.02 Å². The van der Waals surface area contributed by atoms with E-state index in [2.05, 4.69) is 16.0 Å². The lowest BCUT2D eigenvalue weighted by Gasteiger charge is -2.21. The highest BCUT2D eigenvalue weighted by Crippen LogP contribution is 2.39. The smallest absolute Gasteiger partial charge is 0.163 e. The van der Waals surface area contributed by atoms with Gasteiger partial charge >= 0.3 is 0 Å². The Balaban J connectivity index is 1.74. The van der Waals surface area contributed by atoms with E-state index in [0.29, 0.717) is 5.82 Å². The number of aromatic nitrogens is 3. The van der Waals surface area contributed by atoms with E-state index in [0.717, 1.165) is 51.7 Å². The molecule has 0 unspecified atom stereocenters. The number of anilines is 2. The highest BCUT2D eigenvalue weighted by Gasteiger charge is 2.24. The van der Waals surface area contributed by atoms with Crippen molar-refractivity contribution in [2.75, 3.05) is 18.6 Å². The summed E-state index contributed by atoms with van der Waals surface area (Å²) in [6.45, 7) is 0.848. The third kappa shape index (κ3) is 2.84. The number of ether oxygens (including phenoxy) is 1. The largest absolute Gasteiger partial charge is 0.497 e. The van der Waals surface area contributed by atoms with Crippen LogP contribution in [0.15, 0.2) is 60.9 Å². The van der Waals surface area contributed by atoms with Gasteiger partial charge in [0, 0.05) is 46.7 Å². The highest BCUT2D eigenvalue weighted by atomic mass is 35.5. The van der Waals surface area contributed by atoms with Crippen molar-refractivity contribution >= 4 is 34.0 Å². The molecule has 5 rings (SSSR count). The predicted molar refractivity (Wildman–Crippen MR) is 111 cm³/mol. The van der Waals surface area contributed by atoms with Gasteiger partial charge < -0.3 is 9.64 Å². The Morgan fingerprint density at radius 1 is 1.07 bits per heavy atom. The van der Waals surface area contributed by atoms with E-state index in [1.54, 1.807) is 19.5 Å². The predicted octanol–water partition coefficient (Wildman–Crippen LogP) is 5.05. The average molecular weight is 389 g/mol. The fraction of sp³-hybridized carbons (Fsp3) is 0.136. The second-order valence-corrected chi connectivity index (χ2v) is 7.11. The van der Waals surface area contributed by atoms with Crippen molar-refractivity contribution in [3.8, 4) is 17.1 Å². The maximum atomic E-state index is 6.19. The first kappa shape index (κ1) is 17.0. The number of pyridine rings is 1. The maximum absolute atomic E-state index is 6.19. The van der Waals surface area contributed by atoms with Crippen LogP contribution in [0.1, 0.15) is 5.56 Å². The zero-order chi connectivity index (χ0) is 19.1. The number of hydrogen-bond acceptors (Lipinski definition) is 5. The Kier molecular flexibility index (Phi) is 4.10. The van der Waals surface area contributed by atoms with Crippen LogP contribution in [0.4, 0.5) is 11.5 Å².